The Morgan fingerprint density at radius 1 is 0.917 bits per heavy atom. The molecule has 2 aromatic rings. The van der Waals surface area contributed by atoms with Gasteiger partial charge in [-0.1, -0.05) is 36.4 Å². The maximum Gasteiger partial charge on any atom is 0.244 e. The van der Waals surface area contributed by atoms with Crippen molar-refractivity contribution in [3.05, 3.63) is 76.4 Å². The third kappa shape index (κ3) is 7.01. The lowest BCUT2D eigenvalue weighted by Crippen LogP contribution is -2.37. The molecule has 1 fully saturated rings. The summed E-state index contributed by atoms with van der Waals surface area (Å²) in [5.41, 5.74) is 4.95. The van der Waals surface area contributed by atoms with Gasteiger partial charge in [0.05, 0.1) is 0 Å². The van der Waals surface area contributed by atoms with Crippen LogP contribution in [0.5, 0.6) is 0 Å². The highest BCUT2D eigenvalue weighted by molar-refractivity contribution is 5.99. The minimum Gasteiger partial charge on any atom is -0.350 e. The second-order valence-corrected chi connectivity index (χ2v) is 10.4. The number of benzene rings is 2. The van der Waals surface area contributed by atoms with Gasteiger partial charge in [0, 0.05) is 36.3 Å². The molecule has 1 aliphatic heterocycles. The van der Waals surface area contributed by atoms with Crippen LogP contribution in [0, 0.1) is 5.92 Å². The van der Waals surface area contributed by atoms with Crippen molar-refractivity contribution in [3.63, 3.8) is 0 Å². The third-order valence-corrected chi connectivity index (χ3v) is 7.81. The van der Waals surface area contributed by atoms with Crippen molar-refractivity contribution in [2.75, 3.05) is 19.6 Å². The normalized spacial score (nSPS) is 20.5. The molecule has 0 unspecified atom stereocenters. The molecule has 1 amide bonds. The van der Waals surface area contributed by atoms with Gasteiger partial charge in [-0.3, -0.25) is 14.4 Å². The topological polar surface area (TPSA) is 66.5 Å². The number of carbonyl (C=O) groups is 3. The summed E-state index contributed by atoms with van der Waals surface area (Å²) in [4.78, 5) is 38.5. The van der Waals surface area contributed by atoms with E-state index in [4.69, 9.17) is 0 Å². The monoisotopic (exact) mass is 486 g/mol. The molecular weight excluding hydrogens is 448 g/mol. The standard InChI is InChI=1S/C31H38N2O3/c1-22(34)27-10-9-25-16-19-33(20-17-28(25)21-27)18-15-24-7-12-29(13-8-24)32-31(36)14-11-26-5-3-4-6-30(26)23(2)35/h3-6,9-11,14,21,24,29H,7-8,12-13,15-20H2,1-2H3,(H,32,36). The minimum atomic E-state index is -0.0890. The lowest BCUT2D eigenvalue weighted by atomic mass is 9.84. The van der Waals surface area contributed by atoms with Crippen LogP contribution in [0.1, 0.15) is 83.4 Å². The van der Waals surface area contributed by atoms with Gasteiger partial charge in [-0.2, -0.15) is 0 Å². The van der Waals surface area contributed by atoms with Gasteiger partial charge in [0.1, 0.15) is 0 Å². The van der Waals surface area contributed by atoms with E-state index in [-0.39, 0.29) is 23.5 Å². The molecule has 1 N–H and O–H groups in total. The number of hydrogen-bond acceptors (Lipinski definition) is 4. The molecule has 36 heavy (non-hydrogen) atoms. The maximum absolute atomic E-state index is 12.5. The quantitative estimate of drug-likeness (QED) is 0.408. The van der Waals surface area contributed by atoms with Crippen LogP contribution < -0.4 is 5.32 Å². The van der Waals surface area contributed by atoms with E-state index in [9.17, 15) is 14.4 Å². The van der Waals surface area contributed by atoms with Crippen molar-refractivity contribution in [1.82, 2.24) is 10.2 Å². The summed E-state index contributed by atoms with van der Waals surface area (Å²) in [6.07, 6.45) is 10.9. The van der Waals surface area contributed by atoms with Gasteiger partial charge >= 0.3 is 0 Å². The molecule has 1 heterocycles. The van der Waals surface area contributed by atoms with Crippen molar-refractivity contribution in [1.29, 1.82) is 0 Å². The first-order chi connectivity index (χ1) is 17.4. The van der Waals surface area contributed by atoms with E-state index in [1.165, 1.54) is 17.5 Å². The smallest absolute Gasteiger partial charge is 0.244 e. The second kappa shape index (κ2) is 12.3. The van der Waals surface area contributed by atoms with Crippen LogP contribution in [0.3, 0.4) is 0 Å². The SMILES string of the molecule is CC(=O)c1ccc2c(c1)CCN(CCC1CCC(NC(=O)C=Cc3ccccc3C(C)=O)CC1)CC2. The number of rotatable bonds is 8. The van der Waals surface area contributed by atoms with Crippen LogP contribution >= 0.6 is 0 Å². The summed E-state index contributed by atoms with van der Waals surface area (Å²) in [5.74, 6) is 0.765. The highest BCUT2D eigenvalue weighted by Gasteiger charge is 2.23. The van der Waals surface area contributed by atoms with Crippen LogP contribution in [0.15, 0.2) is 48.5 Å². The fraction of sp³-hybridized carbons (Fsp3) is 0.452. The van der Waals surface area contributed by atoms with Crippen LogP contribution in [0.25, 0.3) is 6.08 Å². The van der Waals surface area contributed by atoms with Gasteiger partial charge in [0.25, 0.3) is 0 Å². The van der Waals surface area contributed by atoms with Gasteiger partial charge in [0.2, 0.25) is 5.91 Å². The van der Waals surface area contributed by atoms with Crippen LogP contribution in [-0.4, -0.2) is 48.0 Å². The zero-order chi connectivity index (χ0) is 25.5. The van der Waals surface area contributed by atoms with E-state index >= 15 is 0 Å². The molecule has 1 aliphatic carbocycles. The van der Waals surface area contributed by atoms with E-state index < -0.39 is 0 Å². The van der Waals surface area contributed by atoms with E-state index in [0.717, 1.165) is 69.3 Å². The molecule has 0 saturated heterocycles. The maximum atomic E-state index is 12.5. The highest BCUT2D eigenvalue weighted by atomic mass is 16.1. The summed E-state index contributed by atoms with van der Waals surface area (Å²) in [5, 5.41) is 3.15. The predicted octanol–water partition coefficient (Wildman–Crippen LogP) is 5.27. The van der Waals surface area contributed by atoms with E-state index in [1.807, 2.05) is 24.3 Å². The Morgan fingerprint density at radius 2 is 1.64 bits per heavy atom. The third-order valence-electron chi connectivity index (χ3n) is 7.81. The first-order valence-electron chi connectivity index (χ1n) is 13.3. The van der Waals surface area contributed by atoms with Gasteiger partial charge in [-0.25, -0.2) is 0 Å². The highest BCUT2D eigenvalue weighted by Crippen LogP contribution is 2.28. The van der Waals surface area contributed by atoms with Gasteiger partial charge in [-0.05, 0) is 100 Å². The van der Waals surface area contributed by atoms with Crippen molar-refractivity contribution in [2.45, 2.75) is 64.8 Å². The van der Waals surface area contributed by atoms with Crippen molar-refractivity contribution in [3.8, 4) is 0 Å². The minimum absolute atomic E-state index is 0.000754. The Hall–Kier alpha value is -3.05. The predicted molar refractivity (Wildman–Crippen MR) is 144 cm³/mol. The van der Waals surface area contributed by atoms with Crippen molar-refractivity contribution < 1.29 is 14.4 Å². The Morgan fingerprint density at radius 3 is 2.36 bits per heavy atom. The Balaban J connectivity index is 1.18. The second-order valence-electron chi connectivity index (χ2n) is 10.4. The summed E-state index contributed by atoms with van der Waals surface area (Å²) >= 11 is 0. The average Bonchev–Trinajstić information content (AvgIpc) is 3.09. The molecule has 0 atom stereocenters. The number of nitrogens with zero attached hydrogens (tertiary/aromatic N) is 1. The zero-order valence-corrected chi connectivity index (χ0v) is 21.6. The number of amides is 1. The van der Waals surface area contributed by atoms with E-state index in [2.05, 4.69) is 22.3 Å². The lowest BCUT2D eigenvalue weighted by Gasteiger charge is -2.30. The molecule has 4 rings (SSSR count). The summed E-state index contributed by atoms with van der Waals surface area (Å²) in [6, 6.07) is 13.8. The molecule has 5 heteroatoms. The number of hydrogen-bond donors (Lipinski definition) is 1. The number of nitrogens with one attached hydrogen (secondary N) is 1. The number of ketones is 2. The van der Waals surface area contributed by atoms with E-state index in [0.29, 0.717) is 11.5 Å². The van der Waals surface area contributed by atoms with Crippen LogP contribution in [0.4, 0.5) is 0 Å². The fourth-order valence-corrected chi connectivity index (χ4v) is 5.55. The zero-order valence-electron chi connectivity index (χ0n) is 21.6. The molecule has 190 valence electrons. The molecule has 0 aromatic heterocycles. The molecule has 5 nitrogen and oxygen atoms in total. The Kier molecular flexibility index (Phi) is 8.87. The lowest BCUT2D eigenvalue weighted by molar-refractivity contribution is -0.117. The van der Waals surface area contributed by atoms with E-state index in [1.54, 1.807) is 32.1 Å². The number of carbonyl (C=O) groups excluding carboxylic acids is 3. The Bertz CT molecular complexity index is 1130. The molecule has 2 aromatic carbocycles. The number of fused-ring (bicyclic) bond motifs is 1. The van der Waals surface area contributed by atoms with Gasteiger partial charge in [-0.15, -0.1) is 0 Å². The van der Waals surface area contributed by atoms with Gasteiger partial charge < -0.3 is 10.2 Å². The fourth-order valence-electron chi connectivity index (χ4n) is 5.55. The molecule has 0 radical (unpaired) electrons. The molecule has 0 bridgehead atoms. The molecular formula is C31H38N2O3. The summed E-state index contributed by atoms with van der Waals surface area (Å²) < 4.78 is 0. The molecule has 2 aliphatic rings. The van der Waals surface area contributed by atoms with Crippen LogP contribution in [0.2, 0.25) is 0 Å². The van der Waals surface area contributed by atoms with Crippen molar-refractivity contribution >= 4 is 23.5 Å². The largest absolute Gasteiger partial charge is 0.350 e. The first kappa shape index (κ1) is 26.0. The molecule has 1 saturated carbocycles. The van der Waals surface area contributed by atoms with Crippen molar-refractivity contribution in [2.24, 2.45) is 5.92 Å². The average molecular weight is 487 g/mol. The van der Waals surface area contributed by atoms with Gasteiger partial charge in [0.15, 0.2) is 11.6 Å². The van der Waals surface area contributed by atoms with Crippen LogP contribution in [-0.2, 0) is 17.6 Å². The molecule has 0 spiro atoms. The Labute approximate surface area is 215 Å². The summed E-state index contributed by atoms with van der Waals surface area (Å²) in [7, 11) is 0. The summed E-state index contributed by atoms with van der Waals surface area (Å²) in [6.45, 7) is 6.43. The number of Topliss-reactive ketones (excluding diaryl/α,β-unsaturated/α-hetero) is 2. The first-order valence-corrected chi connectivity index (χ1v) is 13.3.